The first kappa shape index (κ1) is 22.1. The van der Waals surface area contributed by atoms with Gasteiger partial charge in [0.25, 0.3) is 11.8 Å². The summed E-state index contributed by atoms with van der Waals surface area (Å²) < 4.78 is 1.90. The molecule has 0 radical (unpaired) electrons. The van der Waals surface area contributed by atoms with Crippen molar-refractivity contribution in [3.8, 4) is 0 Å². The van der Waals surface area contributed by atoms with Gasteiger partial charge in [-0.3, -0.25) is 14.6 Å². The third-order valence-corrected chi connectivity index (χ3v) is 4.92. The molecular weight excluding hydrogens is 394 g/mol. The number of aromatic nitrogens is 4. The molecule has 3 rings (SSSR count). The fourth-order valence-corrected chi connectivity index (χ4v) is 3.10. The molecule has 9 heteroatoms. The summed E-state index contributed by atoms with van der Waals surface area (Å²) in [6.07, 6.45) is 3.88. The lowest BCUT2D eigenvalue weighted by Crippen LogP contribution is -2.30. The predicted molar refractivity (Wildman–Crippen MR) is 118 cm³/mol. The summed E-state index contributed by atoms with van der Waals surface area (Å²) in [5.74, 6) is 0.479. The van der Waals surface area contributed by atoms with Gasteiger partial charge in [0.15, 0.2) is 0 Å². The Labute approximate surface area is 181 Å². The molecule has 3 N–H and O–H groups in total. The van der Waals surface area contributed by atoms with Crippen molar-refractivity contribution in [2.24, 2.45) is 7.05 Å². The molecule has 1 aromatic carbocycles. The van der Waals surface area contributed by atoms with Crippen LogP contribution in [0.3, 0.4) is 0 Å². The molecule has 0 spiro atoms. The van der Waals surface area contributed by atoms with E-state index >= 15 is 0 Å². The first-order chi connectivity index (χ1) is 15.0. The lowest BCUT2D eigenvalue weighted by atomic mass is 9.97. The number of anilines is 1. The first-order valence-electron chi connectivity index (χ1n) is 10.1. The van der Waals surface area contributed by atoms with Crippen LogP contribution < -0.4 is 16.0 Å². The molecule has 0 aliphatic carbocycles. The molecule has 162 valence electrons. The van der Waals surface area contributed by atoms with Crippen LogP contribution in [0.1, 0.15) is 45.1 Å². The number of amides is 2. The maximum atomic E-state index is 12.7. The van der Waals surface area contributed by atoms with E-state index in [9.17, 15) is 9.59 Å². The second-order valence-electron chi connectivity index (χ2n) is 7.33. The molecule has 31 heavy (non-hydrogen) atoms. The Morgan fingerprint density at radius 2 is 1.97 bits per heavy atom. The number of hydrogen-bond acceptors (Lipinski definition) is 6. The molecule has 0 aliphatic rings. The van der Waals surface area contributed by atoms with E-state index in [2.05, 4.69) is 38.1 Å². The lowest BCUT2D eigenvalue weighted by molar-refractivity contribution is 0.0954. The Morgan fingerprint density at radius 3 is 2.71 bits per heavy atom. The van der Waals surface area contributed by atoms with E-state index < -0.39 is 0 Å². The van der Waals surface area contributed by atoms with Crippen LogP contribution in [0.4, 0.5) is 5.69 Å². The van der Waals surface area contributed by atoms with Crippen LogP contribution in [0, 0.1) is 0 Å². The second-order valence-corrected chi connectivity index (χ2v) is 7.33. The van der Waals surface area contributed by atoms with Gasteiger partial charge in [-0.25, -0.2) is 0 Å². The van der Waals surface area contributed by atoms with Crippen molar-refractivity contribution in [3.63, 3.8) is 0 Å². The second kappa shape index (κ2) is 10.4. The molecule has 9 nitrogen and oxygen atoms in total. The molecule has 3 aromatic rings. The van der Waals surface area contributed by atoms with E-state index in [1.807, 2.05) is 42.9 Å². The van der Waals surface area contributed by atoms with Gasteiger partial charge in [-0.2, -0.15) is 0 Å². The summed E-state index contributed by atoms with van der Waals surface area (Å²) in [6, 6.07) is 10.8. The zero-order chi connectivity index (χ0) is 22.2. The van der Waals surface area contributed by atoms with E-state index in [1.54, 1.807) is 12.4 Å². The molecule has 2 aromatic heterocycles. The highest BCUT2D eigenvalue weighted by Crippen LogP contribution is 2.22. The molecule has 0 saturated heterocycles. The Kier molecular flexibility index (Phi) is 7.45. The van der Waals surface area contributed by atoms with Crippen LogP contribution in [0.2, 0.25) is 0 Å². The molecular formula is C22H27N7O2. The summed E-state index contributed by atoms with van der Waals surface area (Å²) in [4.78, 5) is 29.0. The summed E-state index contributed by atoms with van der Waals surface area (Å²) in [5, 5.41) is 16.7. The third kappa shape index (κ3) is 5.95. The van der Waals surface area contributed by atoms with Crippen LogP contribution in [0.15, 0.2) is 48.9 Å². The Bertz CT molecular complexity index is 1050. The van der Waals surface area contributed by atoms with Gasteiger partial charge >= 0.3 is 0 Å². The van der Waals surface area contributed by atoms with Crippen molar-refractivity contribution in [2.75, 3.05) is 25.5 Å². The van der Waals surface area contributed by atoms with Gasteiger partial charge in [-0.1, -0.05) is 19.1 Å². The number of likely N-dealkylation sites (N-methyl/N-ethyl adjacent to an activating group) is 1. The maximum absolute atomic E-state index is 12.7. The SMILES string of the molecule is CNCCNC(=O)c1ccnc(C(=O)Nc2cccc([C@H](C)Cc3nncn3C)c2)c1. The molecule has 2 amide bonds. The van der Waals surface area contributed by atoms with Gasteiger partial charge in [0.2, 0.25) is 0 Å². The largest absolute Gasteiger partial charge is 0.351 e. The van der Waals surface area contributed by atoms with Gasteiger partial charge < -0.3 is 20.5 Å². The number of nitrogens with one attached hydrogen (secondary N) is 3. The molecule has 0 fully saturated rings. The van der Waals surface area contributed by atoms with Crippen LogP contribution in [-0.4, -0.2) is 51.7 Å². The smallest absolute Gasteiger partial charge is 0.274 e. The Balaban J connectivity index is 1.67. The van der Waals surface area contributed by atoms with Crippen LogP contribution in [-0.2, 0) is 13.5 Å². The van der Waals surface area contributed by atoms with E-state index in [0.717, 1.165) is 17.8 Å². The van der Waals surface area contributed by atoms with Gasteiger partial charge in [0, 0.05) is 44.0 Å². The van der Waals surface area contributed by atoms with Gasteiger partial charge in [-0.05, 0) is 42.8 Å². The average Bonchev–Trinajstić information content (AvgIpc) is 3.18. The zero-order valence-electron chi connectivity index (χ0n) is 17.9. The number of aryl methyl sites for hydroxylation is 1. The highest BCUT2D eigenvalue weighted by atomic mass is 16.2. The number of nitrogens with zero attached hydrogens (tertiary/aromatic N) is 4. The summed E-state index contributed by atoms with van der Waals surface area (Å²) >= 11 is 0. The number of rotatable bonds is 9. The van der Waals surface area contributed by atoms with E-state index in [4.69, 9.17) is 0 Å². The number of benzene rings is 1. The monoisotopic (exact) mass is 421 g/mol. The zero-order valence-corrected chi connectivity index (χ0v) is 17.9. The Morgan fingerprint density at radius 1 is 1.13 bits per heavy atom. The standard InChI is InChI=1S/C22H27N7O2/c1-15(11-20-28-26-14-29(20)3)16-5-4-6-18(12-16)27-22(31)19-13-17(7-8-24-19)21(30)25-10-9-23-2/h4-8,12-15,23H,9-11H2,1-3H3,(H,25,30)(H,27,31)/t15-/m1/s1. The van der Waals surface area contributed by atoms with Crippen molar-refractivity contribution in [2.45, 2.75) is 19.3 Å². The van der Waals surface area contributed by atoms with E-state index in [1.165, 1.54) is 12.3 Å². The van der Waals surface area contributed by atoms with Crippen molar-refractivity contribution < 1.29 is 9.59 Å². The fraction of sp³-hybridized carbons (Fsp3) is 0.318. The molecule has 0 saturated carbocycles. The summed E-state index contributed by atoms with van der Waals surface area (Å²) in [6.45, 7) is 3.27. The van der Waals surface area contributed by atoms with Crippen LogP contribution in [0.25, 0.3) is 0 Å². The quantitative estimate of drug-likeness (QED) is 0.454. The van der Waals surface area contributed by atoms with Gasteiger partial charge in [-0.15, -0.1) is 10.2 Å². The third-order valence-electron chi connectivity index (χ3n) is 4.92. The fourth-order valence-electron chi connectivity index (χ4n) is 3.10. The van der Waals surface area contributed by atoms with E-state index in [0.29, 0.717) is 24.3 Å². The highest BCUT2D eigenvalue weighted by Gasteiger charge is 2.14. The minimum atomic E-state index is -0.372. The lowest BCUT2D eigenvalue weighted by Gasteiger charge is -2.13. The Hall–Kier alpha value is -3.59. The minimum absolute atomic E-state index is 0.179. The normalized spacial score (nSPS) is 11.7. The first-order valence-corrected chi connectivity index (χ1v) is 10.1. The highest BCUT2D eigenvalue weighted by molar-refractivity contribution is 6.04. The maximum Gasteiger partial charge on any atom is 0.274 e. The molecule has 1 atom stereocenters. The van der Waals surface area contributed by atoms with Crippen molar-refractivity contribution in [3.05, 3.63) is 71.6 Å². The molecule has 2 heterocycles. The topological polar surface area (TPSA) is 114 Å². The van der Waals surface area contributed by atoms with Crippen molar-refractivity contribution >= 4 is 17.5 Å². The van der Waals surface area contributed by atoms with E-state index in [-0.39, 0.29) is 23.4 Å². The van der Waals surface area contributed by atoms with Gasteiger partial charge in [0.05, 0.1) is 0 Å². The summed E-state index contributed by atoms with van der Waals surface area (Å²) in [5.41, 5.74) is 2.31. The van der Waals surface area contributed by atoms with Crippen molar-refractivity contribution in [1.29, 1.82) is 0 Å². The number of hydrogen-bond donors (Lipinski definition) is 3. The van der Waals surface area contributed by atoms with Gasteiger partial charge in [0.1, 0.15) is 17.8 Å². The van der Waals surface area contributed by atoms with Crippen molar-refractivity contribution in [1.82, 2.24) is 30.4 Å². The minimum Gasteiger partial charge on any atom is -0.351 e. The number of pyridine rings is 1. The predicted octanol–water partition coefficient (Wildman–Crippen LogP) is 1.76. The summed E-state index contributed by atoms with van der Waals surface area (Å²) in [7, 11) is 3.73. The van der Waals surface area contributed by atoms with Crippen LogP contribution >= 0.6 is 0 Å². The molecule has 0 aliphatic heterocycles. The van der Waals surface area contributed by atoms with Crippen LogP contribution in [0.5, 0.6) is 0 Å². The molecule has 0 unspecified atom stereocenters. The average molecular weight is 422 g/mol. The number of carbonyl (C=O) groups is 2. The number of carbonyl (C=O) groups excluding carboxylic acids is 2. The molecule has 0 bridgehead atoms.